The fourth-order valence-corrected chi connectivity index (χ4v) is 2.85. The highest BCUT2D eigenvalue weighted by molar-refractivity contribution is 6.30. The van der Waals surface area contributed by atoms with Crippen molar-refractivity contribution in [3.05, 3.63) is 53.1 Å². The third kappa shape index (κ3) is 5.23. The number of ether oxygens (including phenoxy) is 1. The van der Waals surface area contributed by atoms with Crippen LogP contribution in [0.1, 0.15) is 44.5 Å². The normalized spacial score (nSPS) is 11.3. The number of hydrogen-bond donors (Lipinski definition) is 0. The van der Waals surface area contributed by atoms with Crippen LogP contribution in [0.4, 0.5) is 0 Å². The molecule has 1 amide bonds. The standard InChI is InChI=1S/C21H26ClNO2/c1-6-12-23(5)20(24)18-11-10-17(25-21(2,3)4)14-19(18)15-8-7-9-16(22)13-15/h7-11,13-14H,6,12H2,1-5H3. The minimum Gasteiger partial charge on any atom is -0.488 e. The van der Waals surface area contributed by atoms with Crippen molar-refractivity contribution in [1.82, 2.24) is 4.90 Å². The molecule has 0 aliphatic carbocycles. The van der Waals surface area contributed by atoms with Crippen LogP contribution in [0, 0.1) is 0 Å². The Morgan fingerprint density at radius 3 is 2.48 bits per heavy atom. The molecule has 0 aliphatic rings. The maximum atomic E-state index is 12.9. The maximum Gasteiger partial charge on any atom is 0.254 e. The zero-order valence-electron chi connectivity index (χ0n) is 15.6. The molecule has 0 heterocycles. The summed E-state index contributed by atoms with van der Waals surface area (Å²) >= 11 is 6.16. The summed E-state index contributed by atoms with van der Waals surface area (Å²) in [5.74, 6) is 0.733. The van der Waals surface area contributed by atoms with E-state index in [0.717, 1.165) is 23.3 Å². The number of amides is 1. The number of carbonyl (C=O) groups is 1. The average molecular weight is 360 g/mol. The first kappa shape index (κ1) is 19.3. The SMILES string of the molecule is CCCN(C)C(=O)c1ccc(OC(C)(C)C)cc1-c1cccc(Cl)c1. The molecule has 0 aliphatic heterocycles. The van der Waals surface area contributed by atoms with E-state index < -0.39 is 0 Å². The zero-order valence-corrected chi connectivity index (χ0v) is 16.4. The van der Waals surface area contributed by atoms with E-state index in [9.17, 15) is 4.79 Å². The zero-order chi connectivity index (χ0) is 18.6. The molecule has 134 valence electrons. The first-order valence-electron chi connectivity index (χ1n) is 8.55. The predicted molar refractivity (Wildman–Crippen MR) is 105 cm³/mol. The summed E-state index contributed by atoms with van der Waals surface area (Å²) in [6, 6.07) is 13.2. The van der Waals surface area contributed by atoms with E-state index in [4.69, 9.17) is 16.3 Å². The summed E-state index contributed by atoms with van der Waals surface area (Å²) in [6.45, 7) is 8.77. The predicted octanol–water partition coefficient (Wildman–Crippen LogP) is 5.67. The van der Waals surface area contributed by atoms with Crippen molar-refractivity contribution < 1.29 is 9.53 Å². The average Bonchev–Trinajstić information content (AvgIpc) is 2.53. The fraction of sp³-hybridized carbons (Fsp3) is 0.381. The number of benzene rings is 2. The molecule has 2 rings (SSSR count). The van der Waals surface area contributed by atoms with Gasteiger partial charge in [-0.15, -0.1) is 0 Å². The lowest BCUT2D eigenvalue weighted by atomic mass is 9.98. The van der Waals surface area contributed by atoms with E-state index in [-0.39, 0.29) is 11.5 Å². The molecule has 0 saturated carbocycles. The van der Waals surface area contributed by atoms with Gasteiger partial charge in [-0.3, -0.25) is 4.79 Å². The molecule has 3 nitrogen and oxygen atoms in total. The van der Waals surface area contributed by atoms with Crippen LogP contribution in [0.2, 0.25) is 5.02 Å². The van der Waals surface area contributed by atoms with E-state index in [0.29, 0.717) is 17.1 Å². The third-order valence-corrected chi connectivity index (χ3v) is 3.92. The van der Waals surface area contributed by atoms with Gasteiger partial charge < -0.3 is 9.64 Å². The first-order chi connectivity index (χ1) is 11.7. The van der Waals surface area contributed by atoms with Gasteiger partial charge in [0.25, 0.3) is 5.91 Å². The fourth-order valence-electron chi connectivity index (χ4n) is 2.66. The van der Waals surface area contributed by atoms with Gasteiger partial charge >= 0.3 is 0 Å². The lowest BCUT2D eigenvalue weighted by Gasteiger charge is -2.23. The molecule has 25 heavy (non-hydrogen) atoms. The summed E-state index contributed by atoms with van der Waals surface area (Å²) in [7, 11) is 1.83. The van der Waals surface area contributed by atoms with Gasteiger partial charge in [0, 0.05) is 24.2 Å². The van der Waals surface area contributed by atoms with E-state index in [1.165, 1.54) is 0 Å². The van der Waals surface area contributed by atoms with E-state index >= 15 is 0 Å². The number of hydrogen-bond acceptors (Lipinski definition) is 2. The smallest absolute Gasteiger partial charge is 0.254 e. The van der Waals surface area contributed by atoms with E-state index in [2.05, 4.69) is 6.92 Å². The van der Waals surface area contributed by atoms with Crippen LogP contribution in [-0.2, 0) is 0 Å². The number of rotatable bonds is 5. The Morgan fingerprint density at radius 2 is 1.88 bits per heavy atom. The first-order valence-corrected chi connectivity index (χ1v) is 8.93. The van der Waals surface area contributed by atoms with Crippen molar-refractivity contribution in [3.63, 3.8) is 0 Å². The monoisotopic (exact) mass is 359 g/mol. The number of halogens is 1. The second-order valence-corrected chi connectivity index (χ2v) is 7.60. The van der Waals surface area contributed by atoms with Gasteiger partial charge in [-0.05, 0) is 68.7 Å². The third-order valence-electron chi connectivity index (χ3n) is 3.69. The lowest BCUT2D eigenvalue weighted by Crippen LogP contribution is -2.28. The summed E-state index contributed by atoms with van der Waals surface area (Å²) in [6.07, 6.45) is 0.917. The van der Waals surface area contributed by atoms with Crippen molar-refractivity contribution >= 4 is 17.5 Å². The van der Waals surface area contributed by atoms with E-state index in [1.807, 2.05) is 70.3 Å². The van der Waals surface area contributed by atoms with Crippen molar-refractivity contribution in [2.45, 2.75) is 39.7 Å². The minimum atomic E-state index is -0.309. The Hall–Kier alpha value is -2.00. The second kappa shape index (κ2) is 7.92. The summed E-state index contributed by atoms with van der Waals surface area (Å²) < 4.78 is 5.98. The van der Waals surface area contributed by atoms with Crippen molar-refractivity contribution in [2.75, 3.05) is 13.6 Å². The Bertz CT molecular complexity index is 750. The van der Waals surface area contributed by atoms with Crippen LogP contribution in [0.25, 0.3) is 11.1 Å². The Labute approximate surface area is 155 Å². The van der Waals surface area contributed by atoms with Gasteiger partial charge in [0.05, 0.1) is 0 Å². The van der Waals surface area contributed by atoms with Crippen LogP contribution in [0.15, 0.2) is 42.5 Å². The van der Waals surface area contributed by atoms with Crippen LogP contribution < -0.4 is 4.74 Å². The lowest BCUT2D eigenvalue weighted by molar-refractivity contribution is 0.0796. The molecule has 0 fully saturated rings. The highest BCUT2D eigenvalue weighted by atomic mass is 35.5. The van der Waals surface area contributed by atoms with Crippen LogP contribution >= 0.6 is 11.6 Å². The topological polar surface area (TPSA) is 29.5 Å². The van der Waals surface area contributed by atoms with Crippen molar-refractivity contribution in [3.8, 4) is 16.9 Å². The van der Waals surface area contributed by atoms with Gasteiger partial charge in [-0.25, -0.2) is 0 Å². The Morgan fingerprint density at radius 1 is 1.16 bits per heavy atom. The van der Waals surface area contributed by atoms with Crippen molar-refractivity contribution in [1.29, 1.82) is 0 Å². The molecule has 0 spiro atoms. The summed E-state index contributed by atoms with van der Waals surface area (Å²) in [4.78, 5) is 14.6. The van der Waals surface area contributed by atoms with Gasteiger partial charge in [0.15, 0.2) is 0 Å². The molecule has 2 aromatic rings. The van der Waals surface area contributed by atoms with Crippen LogP contribution in [0.5, 0.6) is 5.75 Å². The summed E-state index contributed by atoms with van der Waals surface area (Å²) in [5, 5.41) is 0.639. The van der Waals surface area contributed by atoms with E-state index in [1.54, 1.807) is 4.90 Å². The second-order valence-electron chi connectivity index (χ2n) is 7.16. The molecule has 2 aromatic carbocycles. The molecular formula is C21H26ClNO2. The molecule has 0 atom stereocenters. The van der Waals surface area contributed by atoms with Gasteiger partial charge in [0.2, 0.25) is 0 Å². The Balaban J connectivity index is 2.53. The molecular weight excluding hydrogens is 334 g/mol. The molecule has 0 bridgehead atoms. The molecule has 0 saturated heterocycles. The molecule has 0 aromatic heterocycles. The summed E-state index contributed by atoms with van der Waals surface area (Å²) in [5.41, 5.74) is 2.08. The quantitative estimate of drug-likeness (QED) is 0.688. The van der Waals surface area contributed by atoms with Gasteiger partial charge in [0.1, 0.15) is 11.4 Å². The van der Waals surface area contributed by atoms with Crippen LogP contribution in [-0.4, -0.2) is 30.0 Å². The molecule has 0 N–H and O–H groups in total. The molecule has 0 radical (unpaired) electrons. The van der Waals surface area contributed by atoms with Gasteiger partial charge in [-0.2, -0.15) is 0 Å². The molecule has 4 heteroatoms. The van der Waals surface area contributed by atoms with Gasteiger partial charge in [-0.1, -0.05) is 30.7 Å². The highest BCUT2D eigenvalue weighted by Gasteiger charge is 2.19. The largest absolute Gasteiger partial charge is 0.488 e. The number of nitrogens with zero attached hydrogens (tertiary/aromatic N) is 1. The van der Waals surface area contributed by atoms with Crippen molar-refractivity contribution in [2.24, 2.45) is 0 Å². The molecule has 0 unspecified atom stereocenters. The Kier molecular flexibility index (Phi) is 6.12. The number of carbonyl (C=O) groups excluding carboxylic acids is 1. The maximum absolute atomic E-state index is 12.9. The highest BCUT2D eigenvalue weighted by Crippen LogP contribution is 2.32. The van der Waals surface area contributed by atoms with Crippen LogP contribution in [0.3, 0.4) is 0 Å². The minimum absolute atomic E-state index is 0.000802.